The molecule has 1 aliphatic heterocycles. The molecular formula is C26H32O10. The fourth-order valence-corrected chi connectivity index (χ4v) is 3.88. The van der Waals surface area contributed by atoms with Crippen LogP contribution in [0.2, 0.25) is 0 Å². The zero-order valence-electron chi connectivity index (χ0n) is 21.2. The Labute approximate surface area is 209 Å². The molecule has 0 N–H and O–H groups in total. The quantitative estimate of drug-likeness (QED) is 0.221. The zero-order chi connectivity index (χ0) is 27.0. The molecular weight excluding hydrogens is 472 g/mol. The molecule has 1 aliphatic carbocycles. The van der Waals surface area contributed by atoms with E-state index in [4.69, 9.17) is 23.7 Å². The van der Waals surface area contributed by atoms with E-state index in [1.165, 1.54) is 26.8 Å². The Kier molecular flexibility index (Phi) is 10.2. The Morgan fingerprint density at radius 1 is 1.06 bits per heavy atom. The van der Waals surface area contributed by atoms with Crippen molar-refractivity contribution in [3.63, 3.8) is 0 Å². The number of ether oxygens (including phenoxy) is 5. The maximum absolute atomic E-state index is 13.1. The van der Waals surface area contributed by atoms with E-state index in [0.717, 1.165) is 5.57 Å². The number of carbonyl (C=O) groups excluding carboxylic acids is 5. The van der Waals surface area contributed by atoms with Crippen LogP contribution in [0.1, 0.15) is 47.5 Å². The first-order chi connectivity index (χ1) is 16.9. The number of hydrogen-bond donors (Lipinski definition) is 0. The normalized spacial score (nSPS) is 24.4. The van der Waals surface area contributed by atoms with Crippen LogP contribution < -0.4 is 0 Å². The Balaban J connectivity index is 2.38. The Bertz CT molecular complexity index is 1020. The summed E-state index contributed by atoms with van der Waals surface area (Å²) in [5.41, 5.74) is 1.62. The van der Waals surface area contributed by atoms with Gasteiger partial charge in [0, 0.05) is 39.2 Å². The lowest BCUT2D eigenvalue weighted by atomic mass is 9.85. The minimum Gasteiger partial charge on any atom is -0.462 e. The molecule has 1 fully saturated rings. The maximum atomic E-state index is 13.1. The third-order valence-corrected chi connectivity index (χ3v) is 5.68. The van der Waals surface area contributed by atoms with E-state index in [1.807, 2.05) is 13.0 Å². The smallest absolute Gasteiger partial charge is 0.337 e. The van der Waals surface area contributed by atoms with Gasteiger partial charge >= 0.3 is 29.8 Å². The highest BCUT2D eigenvalue weighted by molar-refractivity contribution is 5.92. The second kappa shape index (κ2) is 12.9. The average molecular weight is 505 g/mol. The van der Waals surface area contributed by atoms with Gasteiger partial charge in [0.05, 0.1) is 11.5 Å². The molecule has 0 aromatic rings. The van der Waals surface area contributed by atoms with Gasteiger partial charge in [-0.15, -0.1) is 0 Å². The average Bonchev–Trinajstić information content (AvgIpc) is 3.04. The van der Waals surface area contributed by atoms with Crippen LogP contribution in [-0.4, -0.2) is 61.4 Å². The molecule has 0 amide bonds. The molecule has 0 radical (unpaired) electrons. The predicted molar refractivity (Wildman–Crippen MR) is 126 cm³/mol. The topological polar surface area (TPSA) is 132 Å². The number of hydrogen-bond acceptors (Lipinski definition) is 10. The minimum atomic E-state index is -0.846. The van der Waals surface area contributed by atoms with Gasteiger partial charge in [-0.2, -0.15) is 0 Å². The molecule has 0 bridgehead atoms. The van der Waals surface area contributed by atoms with Crippen LogP contribution >= 0.6 is 0 Å². The van der Waals surface area contributed by atoms with Crippen molar-refractivity contribution in [1.82, 2.24) is 0 Å². The summed E-state index contributed by atoms with van der Waals surface area (Å²) in [4.78, 5) is 59.5. The summed E-state index contributed by atoms with van der Waals surface area (Å²) in [5, 5.41) is 0. The summed E-state index contributed by atoms with van der Waals surface area (Å²) in [6.07, 6.45) is 3.31. The van der Waals surface area contributed by atoms with Crippen molar-refractivity contribution in [3.8, 4) is 0 Å². The Hall–Kier alpha value is -3.69. The minimum absolute atomic E-state index is 0.0285. The van der Waals surface area contributed by atoms with Crippen molar-refractivity contribution in [3.05, 3.63) is 47.1 Å². The van der Waals surface area contributed by atoms with Crippen molar-refractivity contribution < 1.29 is 47.7 Å². The molecule has 10 nitrogen and oxygen atoms in total. The molecule has 1 heterocycles. The number of rotatable bonds is 7. The molecule has 0 aromatic carbocycles. The zero-order valence-corrected chi connectivity index (χ0v) is 21.2. The predicted octanol–water partition coefficient (Wildman–Crippen LogP) is 2.67. The second-order valence-corrected chi connectivity index (χ2v) is 8.68. The van der Waals surface area contributed by atoms with Crippen LogP contribution in [-0.2, 0) is 47.7 Å². The summed E-state index contributed by atoms with van der Waals surface area (Å²) in [6.45, 7) is 10.6. The van der Waals surface area contributed by atoms with Crippen LogP contribution in [0.3, 0.4) is 0 Å². The van der Waals surface area contributed by atoms with Crippen LogP contribution in [0, 0.1) is 5.92 Å². The monoisotopic (exact) mass is 504 g/mol. The third kappa shape index (κ3) is 8.21. The highest BCUT2D eigenvalue weighted by Crippen LogP contribution is 2.36. The molecule has 1 saturated heterocycles. The summed E-state index contributed by atoms with van der Waals surface area (Å²) >= 11 is 0. The van der Waals surface area contributed by atoms with Crippen LogP contribution in [0.25, 0.3) is 0 Å². The first-order valence-corrected chi connectivity index (χ1v) is 11.5. The molecule has 2 rings (SSSR count). The van der Waals surface area contributed by atoms with Gasteiger partial charge < -0.3 is 23.7 Å². The Morgan fingerprint density at radius 2 is 1.72 bits per heavy atom. The summed E-state index contributed by atoms with van der Waals surface area (Å²) in [5.74, 6) is -3.72. The van der Waals surface area contributed by atoms with Gasteiger partial charge in [0.25, 0.3) is 0 Å². The lowest BCUT2D eigenvalue weighted by molar-refractivity contribution is -0.150. The first kappa shape index (κ1) is 28.5. The van der Waals surface area contributed by atoms with Gasteiger partial charge in [-0.1, -0.05) is 18.2 Å². The molecule has 4 atom stereocenters. The summed E-state index contributed by atoms with van der Waals surface area (Å²) in [6, 6.07) is 0. The SMILES string of the molecule is C=C1C(=O)OC2C=C(C)C(OC(C)=O)CC=C(C)CC(OC(=O)C(=CCOC(C)=O)COC(C)=O)C12. The van der Waals surface area contributed by atoms with Crippen molar-refractivity contribution in [2.45, 2.75) is 65.8 Å². The van der Waals surface area contributed by atoms with Gasteiger partial charge in [0.1, 0.15) is 31.5 Å². The lowest BCUT2D eigenvalue weighted by Gasteiger charge is -2.28. The molecule has 4 unspecified atom stereocenters. The molecule has 10 heteroatoms. The van der Waals surface area contributed by atoms with Crippen LogP contribution in [0.15, 0.2) is 47.1 Å². The van der Waals surface area contributed by atoms with E-state index >= 15 is 0 Å². The van der Waals surface area contributed by atoms with Crippen molar-refractivity contribution in [2.75, 3.05) is 13.2 Å². The molecule has 0 saturated carbocycles. The highest BCUT2D eigenvalue weighted by atomic mass is 16.6. The second-order valence-electron chi connectivity index (χ2n) is 8.68. The molecule has 0 spiro atoms. The molecule has 36 heavy (non-hydrogen) atoms. The van der Waals surface area contributed by atoms with Gasteiger partial charge in [0.15, 0.2) is 0 Å². The standard InChI is InChI=1S/C26H32O10/c1-14-7-8-21(34-19(6)29)15(2)12-23-24(16(3)25(30)35-23)22(11-14)36-26(31)20(13-33-18(5)28)9-10-32-17(4)27/h7,9,12,21-24H,3,8,10-11,13H2,1-2,4-6H3. The van der Waals surface area contributed by atoms with E-state index in [9.17, 15) is 24.0 Å². The number of fused-ring (bicyclic) bond motifs is 1. The van der Waals surface area contributed by atoms with E-state index in [1.54, 1.807) is 13.0 Å². The van der Waals surface area contributed by atoms with Crippen molar-refractivity contribution in [2.24, 2.45) is 5.92 Å². The van der Waals surface area contributed by atoms with Crippen molar-refractivity contribution in [1.29, 1.82) is 0 Å². The van der Waals surface area contributed by atoms with E-state index in [0.29, 0.717) is 12.0 Å². The van der Waals surface area contributed by atoms with E-state index in [-0.39, 0.29) is 30.8 Å². The van der Waals surface area contributed by atoms with E-state index < -0.39 is 54.1 Å². The summed E-state index contributed by atoms with van der Waals surface area (Å²) < 4.78 is 26.6. The third-order valence-electron chi connectivity index (χ3n) is 5.68. The first-order valence-electron chi connectivity index (χ1n) is 11.5. The maximum Gasteiger partial charge on any atom is 0.337 e. The highest BCUT2D eigenvalue weighted by Gasteiger charge is 2.45. The lowest BCUT2D eigenvalue weighted by Crippen LogP contribution is -2.35. The van der Waals surface area contributed by atoms with Crippen LogP contribution in [0.4, 0.5) is 0 Å². The molecule has 0 aromatic heterocycles. The van der Waals surface area contributed by atoms with Gasteiger partial charge in [-0.25, -0.2) is 9.59 Å². The van der Waals surface area contributed by atoms with Gasteiger partial charge in [-0.3, -0.25) is 14.4 Å². The van der Waals surface area contributed by atoms with Crippen LogP contribution in [0.5, 0.6) is 0 Å². The van der Waals surface area contributed by atoms with E-state index in [2.05, 4.69) is 6.58 Å². The molecule has 196 valence electrons. The number of carbonyl (C=O) groups is 5. The van der Waals surface area contributed by atoms with Crippen molar-refractivity contribution >= 4 is 29.8 Å². The molecule has 2 aliphatic rings. The fourth-order valence-electron chi connectivity index (χ4n) is 3.88. The Morgan fingerprint density at radius 3 is 2.33 bits per heavy atom. The summed E-state index contributed by atoms with van der Waals surface area (Å²) in [7, 11) is 0. The largest absolute Gasteiger partial charge is 0.462 e. The van der Waals surface area contributed by atoms with Gasteiger partial charge in [-0.05, 0) is 31.6 Å². The number of esters is 5. The van der Waals surface area contributed by atoms with Gasteiger partial charge in [0.2, 0.25) is 0 Å². The fraction of sp³-hybridized carbons (Fsp3) is 0.500.